The zero-order valence-electron chi connectivity index (χ0n) is 25.2. The average molecular weight is 583 g/mol. The number of methoxy groups -OCH3 is 1. The third-order valence-corrected chi connectivity index (χ3v) is 8.84. The number of rotatable bonds is 8. The van der Waals surface area contributed by atoms with Crippen molar-refractivity contribution in [2.75, 3.05) is 26.9 Å². The van der Waals surface area contributed by atoms with Crippen molar-refractivity contribution in [3.63, 3.8) is 0 Å². The molecule has 9 nitrogen and oxygen atoms in total. The molecule has 4 aromatic rings. The summed E-state index contributed by atoms with van der Waals surface area (Å²) in [6.45, 7) is 10.8. The number of ether oxygens (including phenoxy) is 3. The van der Waals surface area contributed by atoms with Crippen LogP contribution in [0.15, 0.2) is 48.7 Å². The molecule has 9 heteroatoms. The van der Waals surface area contributed by atoms with E-state index in [-0.39, 0.29) is 11.4 Å². The quantitative estimate of drug-likeness (QED) is 0.283. The van der Waals surface area contributed by atoms with Crippen LogP contribution in [-0.2, 0) is 24.3 Å². The number of carboxylic acids is 1. The van der Waals surface area contributed by atoms with Gasteiger partial charge in [-0.1, -0.05) is 24.3 Å². The molecule has 224 valence electrons. The fourth-order valence-corrected chi connectivity index (χ4v) is 6.45. The van der Waals surface area contributed by atoms with E-state index < -0.39 is 5.97 Å². The lowest BCUT2D eigenvalue weighted by molar-refractivity contribution is 0.0289. The number of aryl methyl sites for hydroxylation is 2. The molecule has 0 unspecified atom stereocenters. The monoisotopic (exact) mass is 582 g/mol. The van der Waals surface area contributed by atoms with Crippen molar-refractivity contribution < 1.29 is 24.1 Å². The predicted molar refractivity (Wildman–Crippen MR) is 163 cm³/mol. The minimum atomic E-state index is -1.11. The Labute approximate surface area is 252 Å². The Morgan fingerprint density at radius 1 is 1.07 bits per heavy atom. The van der Waals surface area contributed by atoms with Gasteiger partial charge >= 0.3 is 5.97 Å². The number of aromatic nitrogens is 3. The van der Waals surface area contributed by atoms with Gasteiger partial charge in [-0.3, -0.25) is 4.90 Å². The van der Waals surface area contributed by atoms with E-state index in [1.54, 1.807) is 6.07 Å². The average Bonchev–Trinajstić information content (AvgIpc) is 3.48. The Bertz CT molecular complexity index is 1660. The maximum atomic E-state index is 11.6. The molecular weight excluding hydrogens is 544 g/mol. The van der Waals surface area contributed by atoms with Gasteiger partial charge in [-0.2, -0.15) is 9.78 Å². The van der Waals surface area contributed by atoms with Crippen LogP contribution in [0, 0.1) is 20.8 Å². The van der Waals surface area contributed by atoms with Gasteiger partial charge in [0.2, 0.25) is 5.88 Å². The standard InChI is InChI=1S/C34H38N4O5/c1-21-7-5-8-27(30-9-6-10-31(36-30)38-33(41-4)28(18-35-38)34(39)40)32(21)43-20-24-17-22(2)29-19-37(14-11-26(29)23(24)3)25-12-15-42-16-13-25/h5-10,17-18,25H,11-16,19-20H2,1-4H3,(H,39,40). The first-order valence-corrected chi connectivity index (χ1v) is 14.8. The van der Waals surface area contributed by atoms with Crippen LogP contribution < -0.4 is 9.47 Å². The van der Waals surface area contributed by atoms with E-state index in [0.717, 1.165) is 62.4 Å². The molecule has 4 heterocycles. The maximum absolute atomic E-state index is 11.6. The number of pyridine rings is 1. The van der Waals surface area contributed by atoms with Gasteiger partial charge in [0, 0.05) is 37.9 Å². The smallest absolute Gasteiger partial charge is 0.342 e. The second kappa shape index (κ2) is 12.2. The normalized spacial score (nSPS) is 15.7. The van der Waals surface area contributed by atoms with Crippen molar-refractivity contribution in [2.24, 2.45) is 0 Å². The molecule has 0 radical (unpaired) electrons. The molecule has 2 aliphatic heterocycles. The molecule has 0 aliphatic carbocycles. The number of para-hydroxylation sites is 1. The summed E-state index contributed by atoms with van der Waals surface area (Å²) in [5.41, 5.74) is 9.31. The third-order valence-electron chi connectivity index (χ3n) is 8.84. The summed E-state index contributed by atoms with van der Waals surface area (Å²) in [6, 6.07) is 14.5. The number of hydrogen-bond acceptors (Lipinski definition) is 7. The minimum absolute atomic E-state index is 0.0266. The van der Waals surface area contributed by atoms with Crippen molar-refractivity contribution in [1.29, 1.82) is 0 Å². The van der Waals surface area contributed by atoms with E-state index >= 15 is 0 Å². The first-order chi connectivity index (χ1) is 20.9. The van der Waals surface area contributed by atoms with Gasteiger partial charge in [-0.05, 0) is 91.6 Å². The summed E-state index contributed by atoms with van der Waals surface area (Å²) in [4.78, 5) is 19.1. The number of aromatic carboxylic acids is 1. The van der Waals surface area contributed by atoms with Gasteiger partial charge < -0.3 is 19.3 Å². The van der Waals surface area contributed by atoms with Crippen LogP contribution in [0.5, 0.6) is 11.6 Å². The van der Waals surface area contributed by atoms with Crippen LogP contribution in [-0.4, -0.2) is 63.7 Å². The molecule has 43 heavy (non-hydrogen) atoms. The Hall–Kier alpha value is -4.21. The topological polar surface area (TPSA) is 98.9 Å². The van der Waals surface area contributed by atoms with E-state index in [1.165, 1.54) is 45.8 Å². The van der Waals surface area contributed by atoms with Crippen LogP contribution >= 0.6 is 0 Å². The SMILES string of the molecule is COc1c(C(=O)O)cnn1-c1cccc(-c2cccc(C)c2OCc2cc(C)c3c(c2C)CCN(C2CCOCC2)C3)n1. The molecule has 1 saturated heterocycles. The summed E-state index contributed by atoms with van der Waals surface area (Å²) in [6.07, 6.45) is 4.56. The zero-order chi connectivity index (χ0) is 30.1. The molecule has 0 saturated carbocycles. The summed E-state index contributed by atoms with van der Waals surface area (Å²) >= 11 is 0. The van der Waals surface area contributed by atoms with E-state index in [9.17, 15) is 9.90 Å². The predicted octanol–water partition coefficient (Wildman–Crippen LogP) is 5.68. The van der Waals surface area contributed by atoms with E-state index in [1.807, 2.05) is 37.3 Å². The zero-order valence-corrected chi connectivity index (χ0v) is 25.2. The highest BCUT2D eigenvalue weighted by atomic mass is 16.5. The van der Waals surface area contributed by atoms with Crippen LogP contribution in [0.25, 0.3) is 17.1 Å². The highest BCUT2D eigenvalue weighted by molar-refractivity contribution is 5.90. The molecule has 6 rings (SSSR count). The first-order valence-electron chi connectivity index (χ1n) is 14.8. The van der Waals surface area contributed by atoms with Gasteiger partial charge in [0.25, 0.3) is 0 Å². The summed E-state index contributed by atoms with van der Waals surface area (Å²) in [5, 5.41) is 13.7. The van der Waals surface area contributed by atoms with Gasteiger partial charge in [-0.25, -0.2) is 9.78 Å². The fraction of sp³-hybridized carbons (Fsp3) is 0.382. The number of hydrogen-bond donors (Lipinski definition) is 1. The molecule has 1 N–H and O–H groups in total. The summed E-state index contributed by atoms with van der Waals surface area (Å²) < 4.78 is 18.9. The van der Waals surface area contributed by atoms with E-state index in [4.69, 9.17) is 19.2 Å². The van der Waals surface area contributed by atoms with Gasteiger partial charge in [0.1, 0.15) is 17.9 Å². The highest BCUT2D eigenvalue weighted by Gasteiger charge is 2.28. The molecule has 2 aromatic heterocycles. The number of benzene rings is 2. The summed E-state index contributed by atoms with van der Waals surface area (Å²) in [7, 11) is 1.42. The van der Waals surface area contributed by atoms with Gasteiger partial charge in [-0.15, -0.1) is 0 Å². The lowest BCUT2D eigenvalue weighted by Gasteiger charge is -2.39. The van der Waals surface area contributed by atoms with Crippen molar-refractivity contribution in [3.05, 3.63) is 87.6 Å². The maximum Gasteiger partial charge on any atom is 0.342 e. The minimum Gasteiger partial charge on any atom is -0.488 e. The third kappa shape index (κ3) is 5.62. The molecule has 0 bridgehead atoms. The lowest BCUT2D eigenvalue weighted by atomic mass is 9.87. The number of carboxylic acid groups (broad SMARTS) is 1. The van der Waals surface area contributed by atoms with Gasteiger partial charge in [0.05, 0.1) is 19.0 Å². The molecule has 2 aromatic carbocycles. The molecule has 0 amide bonds. The van der Waals surface area contributed by atoms with Crippen molar-refractivity contribution in [2.45, 2.75) is 59.2 Å². The highest BCUT2D eigenvalue weighted by Crippen LogP contribution is 2.35. The molecular formula is C34H38N4O5. The van der Waals surface area contributed by atoms with Gasteiger partial charge in [0.15, 0.2) is 5.82 Å². The molecule has 2 aliphatic rings. The fourth-order valence-electron chi connectivity index (χ4n) is 6.45. The molecule has 0 spiro atoms. The van der Waals surface area contributed by atoms with E-state index in [0.29, 0.717) is 24.2 Å². The van der Waals surface area contributed by atoms with Crippen LogP contribution in [0.3, 0.4) is 0 Å². The second-order valence-corrected chi connectivity index (χ2v) is 11.4. The van der Waals surface area contributed by atoms with Crippen molar-refractivity contribution in [3.8, 4) is 28.7 Å². The molecule has 0 atom stereocenters. The van der Waals surface area contributed by atoms with E-state index in [2.05, 4.69) is 29.9 Å². The second-order valence-electron chi connectivity index (χ2n) is 11.4. The van der Waals surface area contributed by atoms with Crippen molar-refractivity contribution >= 4 is 5.97 Å². The van der Waals surface area contributed by atoms with Crippen molar-refractivity contribution in [1.82, 2.24) is 19.7 Å². The largest absolute Gasteiger partial charge is 0.488 e. The molecule has 1 fully saturated rings. The number of carbonyl (C=O) groups is 1. The Kier molecular flexibility index (Phi) is 8.19. The Balaban J connectivity index is 1.26. The van der Waals surface area contributed by atoms with Crippen LogP contribution in [0.2, 0.25) is 0 Å². The first kappa shape index (κ1) is 28.9. The Morgan fingerprint density at radius 2 is 1.86 bits per heavy atom. The van der Waals surface area contributed by atoms with Crippen LogP contribution in [0.1, 0.15) is 56.6 Å². The summed E-state index contributed by atoms with van der Waals surface area (Å²) in [5.74, 6) is 0.224. The number of fused-ring (bicyclic) bond motifs is 1. The number of nitrogens with zero attached hydrogens (tertiary/aromatic N) is 4. The lowest BCUT2D eigenvalue weighted by Crippen LogP contribution is -2.42. The Morgan fingerprint density at radius 3 is 2.63 bits per heavy atom. The van der Waals surface area contributed by atoms with Crippen LogP contribution in [0.4, 0.5) is 0 Å².